The second-order valence-electron chi connectivity index (χ2n) is 5.13. The molecule has 0 unspecified atom stereocenters. The van der Waals surface area contributed by atoms with E-state index in [-0.39, 0.29) is 11.4 Å². The minimum atomic E-state index is -0.208. The maximum atomic E-state index is 11.5. The van der Waals surface area contributed by atoms with Crippen LogP contribution in [0, 0.1) is 17.3 Å². The summed E-state index contributed by atoms with van der Waals surface area (Å²) in [6.07, 6.45) is 4.32. The predicted octanol–water partition coefficient (Wildman–Crippen LogP) is 3.01. The van der Waals surface area contributed by atoms with Crippen LogP contribution in [0.25, 0.3) is 0 Å². The van der Waals surface area contributed by atoms with E-state index >= 15 is 0 Å². The lowest BCUT2D eigenvalue weighted by molar-refractivity contribution is -0.154. The van der Waals surface area contributed by atoms with E-state index in [0.29, 0.717) is 0 Å². The van der Waals surface area contributed by atoms with Gasteiger partial charge in [-0.05, 0) is 44.4 Å². The van der Waals surface area contributed by atoms with E-state index in [9.17, 15) is 4.79 Å². The van der Waals surface area contributed by atoms with Gasteiger partial charge in [0.25, 0.3) is 0 Å². The molecule has 1 saturated carbocycles. The van der Waals surface area contributed by atoms with E-state index in [2.05, 4.69) is 13.8 Å². The van der Waals surface area contributed by atoms with Gasteiger partial charge in [0.05, 0.1) is 12.5 Å². The summed E-state index contributed by atoms with van der Waals surface area (Å²) in [4.78, 5) is 11.5. The van der Waals surface area contributed by atoms with Crippen LogP contribution < -0.4 is 0 Å². The van der Waals surface area contributed by atoms with Crippen LogP contribution in [0.5, 0.6) is 0 Å². The SMILES string of the molecule is COC(=O)[C@]1(C)CC[C@@H](C(C)C)CC1. The Kier molecular flexibility index (Phi) is 3.57. The summed E-state index contributed by atoms with van der Waals surface area (Å²) in [5.41, 5.74) is -0.208. The Morgan fingerprint density at radius 1 is 1.36 bits per heavy atom. The molecule has 0 heterocycles. The maximum Gasteiger partial charge on any atom is 0.311 e. The molecule has 0 saturated heterocycles. The second-order valence-corrected chi connectivity index (χ2v) is 5.13. The van der Waals surface area contributed by atoms with Crippen molar-refractivity contribution >= 4 is 5.97 Å². The smallest absolute Gasteiger partial charge is 0.311 e. The lowest BCUT2D eigenvalue weighted by Gasteiger charge is -2.36. The molecule has 82 valence electrons. The van der Waals surface area contributed by atoms with Crippen LogP contribution >= 0.6 is 0 Å². The monoisotopic (exact) mass is 198 g/mol. The van der Waals surface area contributed by atoms with Crippen LogP contribution in [0.15, 0.2) is 0 Å². The lowest BCUT2D eigenvalue weighted by Crippen LogP contribution is -2.34. The van der Waals surface area contributed by atoms with Crippen molar-refractivity contribution < 1.29 is 9.53 Å². The quantitative estimate of drug-likeness (QED) is 0.637. The Balaban J connectivity index is 2.53. The standard InChI is InChI=1S/C12H22O2/c1-9(2)10-5-7-12(3,8-6-10)11(13)14-4/h9-10H,5-8H2,1-4H3/t10-,12-. The predicted molar refractivity (Wildman–Crippen MR) is 56.9 cm³/mol. The van der Waals surface area contributed by atoms with E-state index in [0.717, 1.165) is 24.7 Å². The van der Waals surface area contributed by atoms with Crippen molar-refractivity contribution in [1.82, 2.24) is 0 Å². The molecule has 0 aromatic heterocycles. The molecule has 0 spiro atoms. The fraction of sp³-hybridized carbons (Fsp3) is 0.917. The topological polar surface area (TPSA) is 26.3 Å². The van der Waals surface area contributed by atoms with Crippen molar-refractivity contribution in [2.24, 2.45) is 17.3 Å². The van der Waals surface area contributed by atoms with Crippen molar-refractivity contribution in [1.29, 1.82) is 0 Å². The highest BCUT2D eigenvalue weighted by Crippen LogP contribution is 2.41. The summed E-state index contributed by atoms with van der Waals surface area (Å²) in [5.74, 6) is 1.52. The summed E-state index contributed by atoms with van der Waals surface area (Å²) in [5, 5.41) is 0. The molecular weight excluding hydrogens is 176 g/mol. The third-order valence-electron chi connectivity index (χ3n) is 3.75. The highest BCUT2D eigenvalue weighted by Gasteiger charge is 2.38. The van der Waals surface area contributed by atoms with Gasteiger partial charge in [-0.2, -0.15) is 0 Å². The molecule has 14 heavy (non-hydrogen) atoms. The van der Waals surface area contributed by atoms with Crippen LogP contribution in [-0.4, -0.2) is 13.1 Å². The number of carbonyl (C=O) groups is 1. The van der Waals surface area contributed by atoms with E-state index in [1.54, 1.807) is 0 Å². The molecule has 0 aromatic carbocycles. The van der Waals surface area contributed by atoms with Gasteiger partial charge in [0.15, 0.2) is 0 Å². The summed E-state index contributed by atoms with van der Waals surface area (Å²) < 4.78 is 4.85. The van der Waals surface area contributed by atoms with E-state index in [1.807, 2.05) is 6.92 Å². The summed E-state index contributed by atoms with van der Waals surface area (Å²) >= 11 is 0. The summed E-state index contributed by atoms with van der Waals surface area (Å²) in [6.45, 7) is 6.58. The largest absolute Gasteiger partial charge is 0.469 e. The number of rotatable bonds is 2. The fourth-order valence-electron chi connectivity index (χ4n) is 2.39. The highest BCUT2D eigenvalue weighted by molar-refractivity contribution is 5.76. The molecule has 1 aliphatic carbocycles. The first-order valence-electron chi connectivity index (χ1n) is 5.58. The average molecular weight is 198 g/mol. The minimum Gasteiger partial charge on any atom is -0.469 e. The van der Waals surface area contributed by atoms with Crippen LogP contribution in [0.3, 0.4) is 0 Å². The van der Waals surface area contributed by atoms with Gasteiger partial charge in [-0.1, -0.05) is 13.8 Å². The average Bonchev–Trinajstić information content (AvgIpc) is 2.17. The van der Waals surface area contributed by atoms with E-state index in [4.69, 9.17) is 4.74 Å². The number of ether oxygens (including phenoxy) is 1. The molecule has 0 radical (unpaired) electrons. The summed E-state index contributed by atoms with van der Waals surface area (Å²) in [7, 11) is 1.49. The molecule has 1 aliphatic rings. The van der Waals surface area contributed by atoms with Crippen molar-refractivity contribution in [2.45, 2.75) is 46.5 Å². The molecule has 0 bridgehead atoms. The zero-order chi connectivity index (χ0) is 10.8. The molecule has 1 rings (SSSR count). The minimum absolute atomic E-state index is 0.0280. The Morgan fingerprint density at radius 2 is 1.86 bits per heavy atom. The lowest BCUT2D eigenvalue weighted by atomic mass is 9.69. The highest BCUT2D eigenvalue weighted by atomic mass is 16.5. The Bertz CT molecular complexity index is 200. The number of hydrogen-bond acceptors (Lipinski definition) is 2. The van der Waals surface area contributed by atoms with Crippen LogP contribution in [0.1, 0.15) is 46.5 Å². The number of esters is 1. The van der Waals surface area contributed by atoms with Crippen molar-refractivity contribution in [3.63, 3.8) is 0 Å². The molecule has 2 nitrogen and oxygen atoms in total. The van der Waals surface area contributed by atoms with Crippen LogP contribution in [0.2, 0.25) is 0 Å². The zero-order valence-electron chi connectivity index (χ0n) is 9.80. The van der Waals surface area contributed by atoms with Gasteiger partial charge < -0.3 is 4.74 Å². The fourth-order valence-corrected chi connectivity index (χ4v) is 2.39. The van der Waals surface area contributed by atoms with Gasteiger partial charge in [0.1, 0.15) is 0 Å². The maximum absolute atomic E-state index is 11.5. The third kappa shape index (κ3) is 2.28. The Morgan fingerprint density at radius 3 is 2.21 bits per heavy atom. The Hall–Kier alpha value is -0.530. The van der Waals surface area contributed by atoms with Gasteiger partial charge in [0.2, 0.25) is 0 Å². The number of carbonyl (C=O) groups excluding carboxylic acids is 1. The molecule has 1 fully saturated rings. The van der Waals surface area contributed by atoms with Crippen LogP contribution in [-0.2, 0) is 9.53 Å². The van der Waals surface area contributed by atoms with Gasteiger partial charge in [-0.15, -0.1) is 0 Å². The van der Waals surface area contributed by atoms with E-state index < -0.39 is 0 Å². The van der Waals surface area contributed by atoms with Crippen LogP contribution in [0.4, 0.5) is 0 Å². The molecule has 2 heteroatoms. The van der Waals surface area contributed by atoms with Gasteiger partial charge in [-0.25, -0.2) is 0 Å². The first-order valence-corrected chi connectivity index (χ1v) is 5.58. The Labute approximate surface area is 87.0 Å². The van der Waals surface area contributed by atoms with Crippen molar-refractivity contribution in [2.75, 3.05) is 7.11 Å². The number of hydrogen-bond donors (Lipinski definition) is 0. The number of methoxy groups -OCH3 is 1. The molecule has 0 aromatic rings. The summed E-state index contributed by atoms with van der Waals surface area (Å²) in [6, 6.07) is 0. The van der Waals surface area contributed by atoms with Crippen molar-refractivity contribution in [3.05, 3.63) is 0 Å². The first kappa shape index (κ1) is 11.5. The zero-order valence-corrected chi connectivity index (χ0v) is 9.80. The first-order chi connectivity index (χ1) is 6.49. The molecule has 0 aliphatic heterocycles. The third-order valence-corrected chi connectivity index (χ3v) is 3.75. The van der Waals surface area contributed by atoms with Gasteiger partial charge >= 0.3 is 5.97 Å². The molecule has 0 atom stereocenters. The second kappa shape index (κ2) is 4.33. The molecule has 0 amide bonds. The van der Waals surface area contributed by atoms with Gasteiger partial charge in [0, 0.05) is 0 Å². The van der Waals surface area contributed by atoms with Gasteiger partial charge in [-0.3, -0.25) is 4.79 Å². The molecular formula is C12H22O2. The normalized spacial score (nSPS) is 33.1. The van der Waals surface area contributed by atoms with E-state index in [1.165, 1.54) is 20.0 Å². The molecule has 0 N–H and O–H groups in total. The van der Waals surface area contributed by atoms with Crippen molar-refractivity contribution in [3.8, 4) is 0 Å².